The van der Waals surface area contributed by atoms with E-state index in [1.807, 2.05) is 12.1 Å². The third kappa shape index (κ3) is 3.45. The number of carbonyl (C=O) groups is 1. The van der Waals surface area contributed by atoms with Gasteiger partial charge in [-0.15, -0.1) is 0 Å². The first-order valence-corrected chi connectivity index (χ1v) is 8.98. The van der Waals surface area contributed by atoms with Crippen LogP contribution in [-0.2, 0) is 12.8 Å². The molecular formula is C21H21F2N3O. The Bertz CT molecular complexity index is 1010. The summed E-state index contributed by atoms with van der Waals surface area (Å²) in [6, 6.07) is 8.94. The van der Waals surface area contributed by atoms with Crippen molar-refractivity contribution in [3.8, 4) is 0 Å². The van der Waals surface area contributed by atoms with Crippen molar-refractivity contribution < 1.29 is 13.6 Å². The van der Waals surface area contributed by atoms with E-state index in [9.17, 15) is 13.6 Å². The third-order valence-corrected chi connectivity index (χ3v) is 5.27. The van der Waals surface area contributed by atoms with Crippen LogP contribution in [0.1, 0.15) is 28.0 Å². The molecule has 1 atom stereocenters. The van der Waals surface area contributed by atoms with Gasteiger partial charge in [0, 0.05) is 40.0 Å². The van der Waals surface area contributed by atoms with Crippen molar-refractivity contribution in [1.29, 1.82) is 0 Å². The lowest BCUT2D eigenvalue weighted by atomic mass is 9.91. The minimum Gasteiger partial charge on any atom is -0.358 e. The molecule has 1 amide bonds. The van der Waals surface area contributed by atoms with Gasteiger partial charge in [-0.1, -0.05) is 0 Å². The van der Waals surface area contributed by atoms with Gasteiger partial charge in [0.1, 0.15) is 11.6 Å². The number of aryl methyl sites for hydroxylation is 1. The zero-order chi connectivity index (χ0) is 19.1. The minimum absolute atomic E-state index is 0.0450. The highest BCUT2D eigenvalue weighted by Crippen LogP contribution is 2.32. The standard InChI is InChI=1S/C21H21F2N3O/c1-26(2)16-4-6-20-18(11-16)17-10-15(3-5-19(17)25-20)24-21(27)12-7-13(22)9-14(23)8-12/h3,5,7-10,16,25H,4,6,11H2,1-2H3,(H,24,27). The Kier molecular flexibility index (Phi) is 4.44. The molecule has 27 heavy (non-hydrogen) atoms. The smallest absolute Gasteiger partial charge is 0.255 e. The second-order valence-electron chi connectivity index (χ2n) is 7.31. The van der Waals surface area contributed by atoms with Crippen molar-refractivity contribution in [1.82, 2.24) is 9.88 Å². The summed E-state index contributed by atoms with van der Waals surface area (Å²) >= 11 is 0. The van der Waals surface area contributed by atoms with Gasteiger partial charge >= 0.3 is 0 Å². The lowest BCUT2D eigenvalue weighted by Crippen LogP contribution is -2.33. The van der Waals surface area contributed by atoms with E-state index < -0.39 is 17.5 Å². The first-order valence-electron chi connectivity index (χ1n) is 8.98. The van der Waals surface area contributed by atoms with Crippen molar-refractivity contribution in [2.45, 2.75) is 25.3 Å². The van der Waals surface area contributed by atoms with Crippen LogP contribution in [0.15, 0.2) is 36.4 Å². The van der Waals surface area contributed by atoms with Gasteiger partial charge < -0.3 is 15.2 Å². The van der Waals surface area contributed by atoms with E-state index in [2.05, 4.69) is 29.3 Å². The topological polar surface area (TPSA) is 48.1 Å². The van der Waals surface area contributed by atoms with Gasteiger partial charge in [-0.25, -0.2) is 8.78 Å². The summed E-state index contributed by atoms with van der Waals surface area (Å²) in [5.74, 6) is -2.08. The maximum absolute atomic E-state index is 13.4. The number of halogens is 2. The molecule has 0 aliphatic heterocycles. The Balaban J connectivity index is 1.63. The number of benzene rings is 2. The minimum atomic E-state index is -0.773. The average Bonchev–Trinajstić information content (AvgIpc) is 2.98. The average molecular weight is 369 g/mol. The molecule has 140 valence electrons. The lowest BCUT2D eigenvalue weighted by molar-refractivity contribution is 0.102. The monoisotopic (exact) mass is 369 g/mol. The number of hydrogen-bond acceptors (Lipinski definition) is 2. The molecule has 0 saturated heterocycles. The van der Waals surface area contributed by atoms with Crippen LogP contribution in [0.2, 0.25) is 0 Å². The number of nitrogens with one attached hydrogen (secondary N) is 2. The van der Waals surface area contributed by atoms with Gasteiger partial charge in [0.25, 0.3) is 5.91 Å². The maximum Gasteiger partial charge on any atom is 0.255 e. The number of H-pyrrole nitrogens is 1. The third-order valence-electron chi connectivity index (χ3n) is 5.27. The summed E-state index contributed by atoms with van der Waals surface area (Å²) in [6.07, 6.45) is 3.06. The number of rotatable bonds is 3. The van der Waals surface area contributed by atoms with Gasteiger partial charge in [-0.3, -0.25) is 4.79 Å². The number of anilines is 1. The molecule has 3 aromatic rings. The van der Waals surface area contributed by atoms with Crippen LogP contribution in [0.5, 0.6) is 0 Å². The SMILES string of the molecule is CN(C)C1CCc2[nH]c3ccc(NC(=O)c4cc(F)cc(F)c4)cc3c2C1. The molecule has 6 heteroatoms. The van der Waals surface area contributed by atoms with Gasteiger partial charge in [0.2, 0.25) is 0 Å². The number of likely N-dealkylation sites (N-methyl/N-ethyl adjacent to an activating group) is 1. The van der Waals surface area contributed by atoms with Crippen molar-refractivity contribution in [2.24, 2.45) is 0 Å². The van der Waals surface area contributed by atoms with Crippen LogP contribution in [0.25, 0.3) is 10.9 Å². The second-order valence-corrected chi connectivity index (χ2v) is 7.31. The number of carbonyl (C=O) groups excluding carboxylic acids is 1. The predicted octanol–water partition coefficient (Wildman–Crippen LogP) is 4.12. The number of fused-ring (bicyclic) bond motifs is 3. The first kappa shape index (κ1) is 17.7. The lowest BCUT2D eigenvalue weighted by Gasteiger charge is -2.28. The second kappa shape index (κ2) is 6.78. The molecule has 2 aromatic carbocycles. The van der Waals surface area contributed by atoms with Gasteiger partial charge in [-0.05, 0) is 69.3 Å². The number of hydrogen-bond donors (Lipinski definition) is 2. The molecule has 1 heterocycles. The van der Waals surface area contributed by atoms with Gasteiger partial charge in [-0.2, -0.15) is 0 Å². The van der Waals surface area contributed by atoms with Crippen LogP contribution >= 0.6 is 0 Å². The van der Waals surface area contributed by atoms with E-state index in [0.29, 0.717) is 11.7 Å². The van der Waals surface area contributed by atoms with Crippen molar-refractivity contribution in [3.05, 3.63) is 64.9 Å². The highest BCUT2D eigenvalue weighted by molar-refractivity contribution is 6.05. The molecule has 0 bridgehead atoms. The van der Waals surface area contributed by atoms with E-state index in [1.54, 1.807) is 6.07 Å². The quantitative estimate of drug-likeness (QED) is 0.730. The fraction of sp³-hybridized carbons (Fsp3) is 0.286. The maximum atomic E-state index is 13.4. The first-order chi connectivity index (χ1) is 12.9. The van der Waals surface area contributed by atoms with E-state index in [0.717, 1.165) is 48.4 Å². The predicted molar refractivity (Wildman–Crippen MR) is 102 cm³/mol. The van der Waals surface area contributed by atoms with Crippen LogP contribution in [0.4, 0.5) is 14.5 Å². The van der Waals surface area contributed by atoms with E-state index in [1.165, 1.54) is 11.3 Å². The van der Waals surface area contributed by atoms with E-state index in [-0.39, 0.29) is 5.56 Å². The Morgan fingerprint density at radius 2 is 1.89 bits per heavy atom. The Labute approximate surface area is 156 Å². The molecule has 0 radical (unpaired) electrons. The van der Waals surface area contributed by atoms with Gasteiger partial charge in [0.05, 0.1) is 0 Å². The number of amides is 1. The fourth-order valence-electron chi connectivity index (χ4n) is 3.81. The molecule has 1 aliphatic rings. The Hall–Kier alpha value is -2.73. The van der Waals surface area contributed by atoms with Crippen LogP contribution in [0, 0.1) is 11.6 Å². The molecule has 4 rings (SSSR count). The zero-order valence-electron chi connectivity index (χ0n) is 15.3. The molecule has 0 saturated carbocycles. The fourth-order valence-corrected chi connectivity index (χ4v) is 3.81. The molecular weight excluding hydrogens is 348 g/mol. The van der Waals surface area contributed by atoms with Crippen LogP contribution in [-0.4, -0.2) is 35.9 Å². The van der Waals surface area contributed by atoms with Crippen molar-refractivity contribution in [2.75, 3.05) is 19.4 Å². The highest BCUT2D eigenvalue weighted by atomic mass is 19.1. The molecule has 0 fully saturated rings. The highest BCUT2D eigenvalue weighted by Gasteiger charge is 2.24. The van der Waals surface area contributed by atoms with E-state index >= 15 is 0 Å². The molecule has 0 spiro atoms. The largest absolute Gasteiger partial charge is 0.358 e. The molecule has 2 N–H and O–H groups in total. The zero-order valence-corrected chi connectivity index (χ0v) is 15.3. The summed E-state index contributed by atoms with van der Waals surface area (Å²) in [5, 5.41) is 3.82. The number of nitrogens with zero attached hydrogens (tertiary/aromatic N) is 1. The summed E-state index contributed by atoms with van der Waals surface area (Å²) in [6.45, 7) is 0. The summed E-state index contributed by atoms with van der Waals surface area (Å²) in [5.41, 5.74) is 4.12. The van der Waals surface area contributed by atoms with Crippen LogP contribution in [0.3, 0.4) is 0 Å². The molecule has 1 aromatic heterocycles. The summed E-state index contributed by atoms with van der Waals surface area (Å²) in [4.78, 5) is 18.1. The van der Waals surface area contributed by atoms with Crippen molar-refractivity contribution >= 4 is 22.5 Å². The van der Waals surface area contributed by atoms with Gasteiger partial charge in [0.15, 0.2) is 0 Å². The molecule has 1 unspecified atom stereocenters. The Morgan fingerprint density at radius 3 is 2.59 bits per heavy atom. The van der Waals surface area contributed by atoms with E-state index in [4.69, 9.17) is 0 Å². The summed E-state index contributed by atoms with van der Waals surface area (Å²) < 4.78 is 26.7. The Morgan fingerprint density at radius 1 is 1.15 bits per heavy atom. The molecule has 4 nitrogen and oxygen atoms in total. The summed E-state index contributed by atoms with van der Waals surface area (Å²) in [7, 11) is 4.18. The number of aromatic amines is 1. The molecule has 1 aliphatic carbocycles. The normalized spacial score (nSPS) is 16.6. The number of aromatic nitrogens is 1. The van der Waals surface area contributed by atoms with Crippen molar-refractivity contribution in [3.63, 3.8) is 0 Å². The van der Waals surface area contributed by atoms with Crippen LogP contribution < -0.4 is 5.32 Å².